The molecule has 128 valence electrons. The van der Waals surface area contributed by atoms with E-state index in [1.54, 1.807) is 6.07 Å². The van der Waals surface area contributed by atoms with Crippen molar-refractivity contribution in [3.8, 4) is 0 Å². The molecule has 0 aliphatic rings. The molecule has 0 fully saturated rings. The Hall–Kier alpha value is -1.93. The minimum atomic E-state index is -4.13. The molecule has 0 aliphatic carbocycles. The number of rotatable bonds is 7. The van der Waals surface area contributed by atoms with Crippen LogP contribution in [0.3, 0.4) is 0 Å². The van der Waals surface area contributed by atoms with Crippen LogP contribution in [0.5, 0.6) is 0 Å². The van der Waals surface area contributed by atoms with Gasteiger partial charge in [-0.15, -0.1) is 0 Å². The normalized spacial score (nSPS) is 12.6. The van der Waals surface area contributed by atoms with Gasteiger partial charge in [-0.2, -0.15) is 0 Å². The number of halogens is 1. The van der Waals surface area contributed by atoms with E-state index in [-0.39, 0.29) is 16.5 Å². The summed E-state index contributed by atoms with van der Waals surface area (Å²) in [6.07, 6.45) is 0. The van der Waals surface area contributed by atoms with Crippen LogP contribution in [0.25, 0.3) is 0 Å². The highest BCUT2D eigenvalue weighted by atomic mass is 35.5. The second kappa shape index (κ2) is 8.25. The Balaban J connectivity index is 2.19. The van der Waals surface area contributed by atoms with Gasteiger partial charge >= 0.3 is 0 Å². The Morgan fingerprint density at radius 1 is 1.12 bits per heavy atom. The fraction of sp³-hybridized carbons (Fsp3) is 0.188. The average molecular weight is 370 g/mol. The molecule has 0 heterocycles. The number of hydrogen-bond donors (Lipinski definition) is 2. The molecule has 0 spiro atoms. The van der Waals surface area contributed by atoms with Gasteiger partial charge in [0, 0.05) is 0 Å². The maximum Gasteiger partial charge on any atom is 0.264 e. The smallest absolute Gasteiger partial charge is 0.264 e. The van der Waals surface area contributed by atoms with E-state index in [9.17, 15) is 13.2 Å². The maximum absolute atomic E-state index is 12.7. The molecule has 2 rings (SSSR count). The molecule has 0 saturated heterocycles. The SMILES string of the molecule is O=C(NO)C(COCc1ccccc1)S(=O)(=O)c1ccccc1Cl. The zero-order chi connectivity index (χ0) is 17.6. The number of carbonyl (C=O) groups is 1. The van der Waals surface area contributed by atoms with E-state index >= 15 is 0 Å². The minimum absolute atomic E-state index is 0.00343. The summed E-state index contributed by atoms with van der Waals surface area (Å²) < 4.78 is 30.7. The number of hydroxylamine groups is 1. The van der Waals surface area contributed by atoms with Crippen molar-refractivity contribution in [2.24, 2.45) is 0 Å². The van der Waals surface area contributed by atoms with Gasteiger partial charge in [0.2, 0.25) is 0 Å². The van der Waals surface area contributed by atoms with Gasteiger partial charge in [-0.05, 0) is 17.7 Å². The van der Waals surface area contributed by atoms with Crippen molar-refractivity contribution in [3.05, 3.63) is 65.2 Å². The lowest BCUT2D eigenvalue weighted by atomic mass is 10.2. The summed E-state index contributed by atoms with van der Waals surface area (Å²) in [6.45, 7) is -0.289. The number of nitrogens with one attached hydrogen (secondary N) is 1. The lowest BCUT2D eigenvalue weighted by Gasteiger charge is -2.17. The van der Waals surface area contributed by atoms with Gasteiger partial charge in [-0.3, -0.25) is 10.0 Å². The third kappa shape index (κ3) is 4.33. The van der Waals surface area contributed by atoms with E-state index in [1.807, 2.05) is 30.3 Å². The lowest BCUT2D eigenvalue weighted by molar-refractivity contribution is -0.129. The summed E-state index contributed by atoms with van der Waals surface area (Å²) in [4.78, 5) is 11.6. The summed E-state index contributed by atoms with van der Waals surface area (Å²) in [6, 6.07) is 14.9. The van der Waals surface area contributed by atoms with Gasteiger partial charge in [0.25, 0.3) is 5.91 Å². The van der Waals surface area contributed by atoms with Crippen LogP contribution in [0.1, 0.15) is 5.56 Å². The van der Waals surface area contributed by atoms with Crippen molar-refractivity contribution in [2.75, 3.05) is 6.61 Å². The lowest BCUT2D eigenvalue weighted by Crippen LogP contribution is -2.41. The molecule has 0 aromatic heterocycles. The molecule has 2 aromatic carbocycles. The molecule has 0 saturated carbocycles. The molecule has 8 heteroatoms. The van der Waals surface area contributed by atoms with Crippen LogP contribution in [0, 0.1) is 0 Å². The molecular formula is C16H16ClNO5S. The predicted molar refractivity (Wildman–Crippen MR) is 88.5 cm³/mol. The zero-order valence-corrected chi connectivity index (χ0v) is 14.1. The molecule has 2 N–H and O–H groups in total. The quantitative estimate of drug-likeness (QED) is 0.576. The van der Waals surface area contributed by atoms with Crippen molar-refractivity contribution in [1.29, 1.82) is 0 Å². The number of amides is 1. The fourth-order valence-electron chi connectivity index (χ4n) is 2.06. The molecule has 24 heavy (non-hydrogen) atoms. The standard InChI is InChI=1S/C16H16ClNO5S/c17-13-8-4-5-9-14(13)24(21,22)15(16(19)18-20)11-23-10-12-6-2-1-3-7-12/h1-9,15,20H,10-11H2,(H,18,19). The van der Waals surface area contributed by atoms with E-state index < -0.39 is 27.6 Å². The van der Waals surface area contributed by atoms with Gasteiger partial charge < -0.3 is 4.74 Å². The van der Waals surface area contributed by atoms with Gasteiger partial charge in [0.15, 0.2) is 15.1 Å². The van der Waals surface area contributed by atoms with E-state index in [1.165, 1.54) is 23.7 Å². The van der Waals surface area contributed by atoms with E-state index in [0.717, 1.165) is 5.56 Å². The molecule has 2 aromatic rings. The molecule has 1 unspecified atom stereocenters. The summed E-state index contributed by atoms with van der Waals surface area (Å²) in [7, 11) is -4.13. The number of hydrogen-bond acceptors (Lipinski definition) is 5. The van der Waals surface area contributed by atoms with Crippen molar-refractivity contribution < 1.29 is 23.2 Å². The Kier molecular flexibility index (Phi) is 6.33. The number of benzene rings is 2. The summed E-state index contributed by atoms with van der Waals surface area (Å²) in [5.41, 5.74) is 2.20. The Labute approximate surface area is 144 Å². The molecule has 1 atom stereocenters. The van der Waals surface area contributed by atoms with Crippen LogP contribution >= 0.6 is 11.6 Å². The number of ether oxygens (including phenoxy) is 1. The monoisotopic (exact) mass is 369 g/mol. The molecule has 0 radical (unpaired) electrons. The zero-order valence-electron chi connectivity index (χ0n) is 12.6. The number of carbonyl (C=O) groups excluding carboxylic acids is 1. The molecule has 0 bridgehead atoms. The third-order valence-electron chi connectivity index (χ3n) is 3.30. The predicted octanol–water partition coefficient (Wildman–Crippen LogP) is 2.20. The first-order valence-electron chi connectivity index (χ1n) is 7.01. The second-order valence-electron chi connectivity index (χ2n) is 4.94. The van der Waals surface area contributed by atoms with Crippen molar-refractivity contribution in [2.45, 2.75) is 16.8 Å². The molecular weight excluding hydrogens is 354 g/mol. The van der Waals surface area contributed by atoms with E-state index in [0.29, 0.717) is 0 Å². The van der Waals surface area contributed by atoms with Gasteiger partial charge in [0.05, 0.1) is 23.1 Å². The van der Waals surface area contributed by atoms with Gasteiger partial charge in [0.1, 0.15) is 0 Å². The Morgan fingerprint density at radius 2 is 1.75 bits per heavy atom. The van der Waals surface area contributed by atoms with Crippen LogP contribution in [0.4, 0.5) is 0 Å². The fourth-order valence-corrected chi connectivity index (χ4v) is 4.05. The first-order valence-corrected chi connectivity index (χ1v) is 8.93. The molecule has 6 nitrogen and oxygen atoms in total. The van der Waals surface area contributed by atoms with Crippen molar-refractivity contribution in [3.63, 3.8) is 0 Å². The Bertz CT molecular complexity index is 795. The van der Waals surface area contributed by atoms with E-state index in [2.05, 4.69) is 0 Å². The molecule has 0 aliphatic heterocycles. The third-order valence-corrected chi connectivity index (χ3v) is 5.81. The average Bonchev–Trinajstić information content (AvgIpc) is 2.59. The van der Waals surface area contributed by atoms with Gasteiger partial charge in [-0.25, -0.2) is 13.9 Å². The first kappa shape index (κ1) is 18.4. The second-order valence-corrected chi connectivity index (χ2v) is 7.45. The van der Waals surface area contributed by atoms with Crippen molar-refractivity contribution >= 4 is 27.3 Å². The van der Waals surface area contributed by atoms with Crippen molar-refractivity contribution in [1.82, 2.24) is 5.48 Å². The summed E-state index contributed by atoms with van der Waals surface area (Å²) in [5, 5.41) is 7.23. The molecule has 1 amide bonds. The Morgan fingerprint density at radius 3 is 2.38 bits per heavy atom. The highest BCUT2D eigenvalue weighted by Crippen LogP contribution is 2.25. The highest BCUT2D eigenvalue weighted by Gasteiger charge is 2.35. The van der Waals surface area contributed by atoms with Crippen LogP contribution in [0.15, 0.2) is 59.5 Å². The van der Waals surface area contributed by atoms with E-state index in [4.69, 9.17) is 21.5 Å². The summed E-state index contributed by atoms with van der Waals surface area (Å²) in [5.74, 6) is -1.08. The van der Waals surface area contributed by atoms with Crippen LogP contribution in [-0.2, 0) is 26.0 Å². The highest BCUT2D eigenvalue weighted by molar-refractivity contribution is 7.93. The van der Waals surface area contributed by atoms with Gasteiger partial charge in [-0.1, -0.05) is 54.1 Å². The van der Waals surface area contributed by atoms with Crippen LogP contribution in [0.2, 0.25) is 5.02 Å². The largest absolute Gasteiger partial charge is 0.375 e. The summed E-state index contributed by atoms with van der Waals surface area (Å²) >= 11 is 5.92. The topological polar surface area (TPSA) is 92.7 Å². The van der Waals surface area contributed by atoms with Crippen LogP contribution in [-0.4, -0.2) is 31.4 Å². The maximum atomic E-state index is 12.7. The van der Waals surface area contributed by atoms with Crippen LogP contribution < -0.4 is 5.48 Å². The number of sulfone groups is 1. The first-order chi connectivity index (χ1) is 11.5. The minimum Gasteiger partial charge on any atom is -0.375 e.